The van der Waals surface area contributed by atoms with E-state index in [9.17, 15) is 4.79 Å². The van der Waals surface area contributed by atoms with E-state index in [1.165, 1.54) is 0 Å². The van der Waals surface area contributed by atoms with E-state index in [4.69, 9.17) is 4.74 Å². The largest absolute Gasteiger partial charge is 0.462 e. The summed E-state index contributed by atoms with van der Waals surface area (Å²) in [4.78, 5) is 16.4. The monoisotopic (exact) mass is 274 g/mol. The van der Waals surface area contributed by atoms with Gasteiger partial charge in [0.25, 0.3) is 0 Å². The van der Waals surface area contributed by atoms with Gasteiger partial charge in [-0.15, -0.1) is 0 Å². The molecule has 0 saturated heterocycles. The lowest BCUT2D eigenvalue weighted by Gasteiger charge is -2.13. The summed E-state index contributed by atoms with van der Waals surface area (Å²) < 4.78 is 5.11. The number of nitrogens with zero attached hydrogens (tertiary/aromatic N) is 1. The number of benzene rings is 1. The van der Waals surface area contributed by atoms with Crippen LogP contribution in [0.25, 0.3) is 0 Å². The Morgan fingerprint density at radius 3 is 2.40 bits per heavy atom. The fourth-order valence-electron chi connectivity index (χ4n) is 1.89. The second kappa shape index (κ2) is 8.15. The molecule has 0 unspecified atom stereocenters. The average molecular weight is 274 g/mol. The fraction of sp³-hybridized carbons (Fsp3) is 0.375. The van der Waals surface area contributed by atoms with Crippen LogP contribution in [0.4, 0.5) is 5.69 Å². The van der Waals surface area contributed by atoms with Crippen molar-refractivity contribution in [1.29, 1.82) is 0 Å². The van der Waals surface area contributed by atoms with E-state index in [0.29, 0.717) is 24.4 Å². The summed E-state index contributed by atoms with van der Waals surface area (Å²) in [6.07, 6.45) is 0. The van der Waals surface area contributed by atoms with E-state index in [1.54, 1.807) is 6.92 Å². The Bertz CT molecular complexity index is 504. The summed E-state index contributed by atoms with van der Waals surface area (Å²) in [5, 5.41) is 3.22. The van der Waals surface area contributed by atoms with Gasteiger partial charge in [0.15, 0.2) is 0 Å². The van der Waals surface area contributed by atoms with Gasteiger partial charge in [0.2, 0.25) is 0 Å². The molecule has 1 N–H and O–H groups in total. The molecule has 1 aromatic rings. The van der Waals surface area contributed by atoms with Gasteiger partial charge in [-0.05, 0) is 39.8 Å². The van der Waals surface area contributed by atoms with Crippen LogP contribution in [0, 0.1) is 0 Å². The second-order valence-corrected chi connectivity index (χ2v) is 4.27. The van der Waals surface area contributed by atoms with Gasteiger partial charge in [0, 0.05) is 23.6 Å². The number of para-hydroxylation sites is 1. The zero-order valence-electron chi connectivity index (χ0n) is 12.6. The molecule has 0 radical (unpaired) electrons. The van der Waals surface area contributed by atoms with Crippen LogP contribution in [-0.2, 0) is 9.53 Å². The van der Waals surface area contributed by atoms with Crippen molar-refractivity contribution in [3.8, 4) is 0 Å². The van der Waals surface area contributed by atoms with Gasteiger partial charge in [-0.1, -0.05) is 18.2 Å². The summed E-state index contributed by atoms with van der Waals surface area (Å²) >= 11 is 0. The highest BCUT2D eigenvalue weighted by Gasteiger charge is 2.17. The minimum absolute atomic E-state index is 0.344. The van der Waals surface area contributed by atoms with Crippen molar-refractivity contribution < 1.29 is 9.53 Å². The van der Waals surface area contributed by atoms with Crippen molar-refractivity contribution in [3.63, 3.8) is 0 Å². The van der Waals surface area contributed by atoms with E-state index in [-0.39, 0.29) is 5.97 Å². The summed E-state index contributed by atoms with van der Waals surface area (Å²) in [5.41, 5.74) is 2.85. The van der Waals surface area contributed by atoms with Gasteiger partial charge in [-0.3, -0.25) is 4.99 Å². The minimum Gasteiger partial charge on any atom is -0.462 e. The summed E-state index contributed by atoms with van der Waals surface area (Å²) in [6.45, 7) is 8.39. The molecule has 1 rings (SSSR count). The number of ether oxygens (including phenoxy) is 1. The third-order valence-corrected chi connectivity index (χ3v) is 2.72. The molecule has 4 heteroatoms. The lowest BCUT2D eigenvalue weighted by molar-refractivity contribution is -0.137. The summed E-state index contributed by atoms with van der Waals surface area (Å²) in [7, 11) is 0. The predicted molar refractivity (Wildman–Crippen MR) is 83.0 cm³/mol. The Labute approximate surface area is 120 Å². The third kappa shape index (κ3) is 4.53. The number of carbonyl (C=O) groups is 1. The molecular formula is C16H22N2O2. The SMILES string of the molecule is CCN=C(C)/C(C(=O)OCC)=C(/C)Nc1ccccc1. The summed E-state index contributed by atoms with van der Waals surface area (Å²) in [6, 6.07) is 9.71. The van der Waals surface area contributed by atoms with Crippen molar-refractivity contribution in [2.24, 2.45) is 4.99 Å². The molecule has 1 aromatic carbocycles. The van der Waals surface area contributed by atoms with E-state index < -0.39 is 0 Å². The molecule has 0 atom stereocenters. The maximum atomic E-state index is 12.1. The Morgan fingerprint density at radius 2 is 1.85 bits per heavy atom. The van der Waals surface area contributed by atoms with Gasteiger partial charge in [-0.25, -0.2) is 4.79 Å². The Hall–Kier alpha value is -2.10. The van der Waals surface area contributed by atoms with Crippen LogP contribution in [0.15, 0.2) is 46.6 Å². The van der Waals surface area contributed by atoms with Crippen molar-refractivity contribution in [2.75, 3.05) is 18.5 Å². The average Bonchev–Trinajstić information content (AvgIpc) is 2.40. The first-order valence-corrected chi connectivity index (χ1v) is 6.81. The van der Waals surface area contributed by atoms with Gasteiger partial charge in [0.05, 0.1) is 12.2 Å². The van der Waals surface area contributed by atoms with Crippen LogP contribution < -0.4 is 5.32 Å². The fourth-order valence-corrected chi connectivity index (χ4v) is 1.89. The first-order chi connectivity index (χ1) is 9.60. The topological polar surface area (TPSA) is 50.7 Å². The van der Waals surface area contributed by atoms with E-state index in [2.05, 4.69) is 10.3 Å². The number of aliphatic imine (C=N–C) groups is 1. The molecule has 0 amide bonds. The molecule has 0 aliphatic carbocycles. The standard InChI is InChI=1S/C16H22N2O2/c1-5-17-12(3)15(16(19)20-6-2)13(4)18-14-10-8-7-9-11-14/h7-11,18H,5-6H2,1-4H3/b15-13+,17-12?. The minimum atomic E-state index is -0.344. The molecule has 0 aliphatic rings. The summed E-state index contributed by atoms with van der Waals surface area (Å²) in [5.74, 6) is -0.344. The van der Waals surface area contributed by atoms with Gasteiger partial charge in [0.1, 0.15) is 0 Å². The van der Waals surface area contributed by atoms with Gasteiger partial charge < -0.3 is 10.1 Å². The van der Waals surface area contributed by atoms with Crippen molar-refractivity contribution in [1.82, 2.24) is 0 Å². The quantitative estimate of drug-likeness (QED) is 0.491. The molecule has 0 heterocycles. The molecule has 0 fully saturated rings. The Kier molecular flexibility index (Phi) is 6.50. The molecule has 0 aliphatic heterocycles. The van der Waals surface area contributed by atoms with Crippen molar-refractivity contribution in [3.05, 3.63) is 41.6 Å². The number of hydrogen-bond donors (Lipinski definition) is 1. The molecular weight excluding hydrogens is 252 g/mol. The number of esters is 1. The first-order valence-electron chi connectivity index (χ1n) is 6.81. The number of hydrogen-bond acceptors (Lipinski definition) is 4. The van der Waals surface area contributed by atoms with Gasteiger partial charge >= 0.3 is 5.97 Å². The van der Waals surface area contributed by atoms with Crippen LogP contribution in [0.3, 0.4) is 0 Å². The predicted octanol–water partition coefficient (Wildman–Crippen LogP) is 3.42. The van der Waals surface area contributed by atoms with Crippen LogP contribution in [0.5, 0.6) is 0 Å². The lowest BCUT2D eigenvalue weighted by atomic mass is 10.1. The first kappa shape index (κ1) is 16.0. The highest BCUT2D eigenvalue weighted by Crippen LogP contribution is 2.14. The maximum Gasteiger partial charge on any atom is 0.341 e. The van der Waals surface area contributed by atoms with Crippen molar-refractivity contribution in [2.45, 2.75) is 27.7 Å². The lowest BCUT2D eigenvalue weighted by Crippen LogP contribution is -2.18. The van der Waals surface area contributed by atoms with Crippen LogP contribution in [0.1, 0.15) is 27.7 Å². The number of anilines is 1. The maximum absolute atomic E-state index is 12.1. The van der Waals surface area contributed by atoms with Gasteiger partial charge in [-0.2, -0.15) is 0 Å². The molecule has 0 bridgehead atoms. The van der Waals surface area contributed by atoms with Crippen LogP contribution >= 0.6 is 0 Å². The normalized spacial score (nSPS) is 12.7. The van der Waals surface area contributed by atoms with E-state index in [1.807, 2.05) is 51.1 Å². The van der Waals surface area contributed by atoms with E-state index in [0.717, 1.165) is 11.4 Å². The number of allylic oxidation sites excluding steroid dienone is 1. The number of carbonyl (C=O) groups excluding carboxylic acids is 1. The molecule has 0 aromatic heterocycles. The molecule has 4 nitrogen and oxygen atoms in total. The zero-order chi connectivity index (χ0) is 15.0. The smallest absolute Gasteiger partial charge is 0.341 e. The molecule has 0 saturated carbocycles. The molecule has 20 heavy (non-hydrogen) atoms. The molecule has 0 spiro atoms. The zero-order valence-corrected chi connectivity index (χ0v) is 12.6. The number of nitrogens with one attached hydrogen (secondary N) is 1. The Morgan fingerprint density at radius 1 is 1.20 bits per heavy atom. The van der Waals surface area contributed by atoms with E-state index >= 15 is 0 Å². The molecule has 108 valence electrons. The highest BCUT2D eigenvalue weighted by atomic mass is 16.5. The Balaban J connectivity index is 3.09. The van der Waals surface area contributed by atoms with Crippen LogP contribution in [-0.4, -0.2) is 24.8 Å². The van der Waals surface area contributed by atoms with Crippen molar-refractivity contribution >= 4 is 17.4 Å². The second-order valence-electron chi connectivity index (χ2n) is 4.27. The number of rotatable bonds is 6. The van der Waals surface area contributed by atoms with Crippen LogP contribution in [0.2, 0.25) is 0 Å². The highest BCUT2D eigenvalue weighted by molar-refractivity contribution is 6.19. The third-order valence-electron chi connectivity index (χ3n) is 2.72.